The fourth-order valence-corrected chi connectivity index (χ4v) is 3.02. The Bertz CT molecular complexity index is 628. The monoisotopic (exact) mass is 355 g/mol. The first-order chi connectivity index (χ1) is 9.92. The highest BCUT2D eigenvalue weighted by Crippen LogP contribution is 2.33. The molecule has 2 aromatic carbocycles. The van der Waals surface area contributed by atoms with Gasteiger partial charge in [0.25, 0.3) is 0 Å². The van der Waals surface area contributed by atoms with Gasteiger partial charge >= 0.3 is 0 Å². The van der Waals surface area contributed by atoms with E-state index in [1.165, 1.54) is 12.1 Å². The number of benzene rings is 2. The topological polar surface area (TPSA) is 46.2 Å². The maximum atomic E-state index is 13.9. The smallest absolute Gasteiger partial charge is 0.129 e. The summed E-state index contributed by atoms with van der Waals surface area (Å²) in [4.78, 5) is 0. The van der Waals surface area contributed by atoms with Crippen molar-refractivity contribution < 1.29 is 13.9 Å². The molecule has 2 nitrogen and oxygen atoms in total. The van der Waals surface area contributed by atoms with Crippen LogP contribution in [0.5, 0.6) is 0 Å². The zero-order valence-corrected chi connectivity index (χ0v) is 13.1. The van der Waals surface area contributed by atoms with Gasteiger partial charge in [0.1, 0.15) is 11.6 Å². The summed E-state index contributed by atoms with van der Waals surface area (Å²) >= 11 is 3.37. The van der Waals surface area contributed by atoms with Crippen LogP contribution in [0.1, 0.15) is 28.7 Å². The van der Waals surface area contributed by atoms with Crippen molar-refractivity contribution in [3.05, 3.63) is 69.2 Å². The molecule has 0 bridgehead atoms. The summed E-state index contributed by atoms with van der Waals surface area (Å²) in [6.07, 6.45) is -0.967. The van der Waals surface area contributed by atoms with Crippen LogP contribution in [0.3, 0.4) is 0 Å². The Kier molecular flexibility index (Phi) is 5.08. The number of halogens is 3. The van der Waals surface area contributed by atoms with E-state index in [-0.39, 0.29) is 12.1 Å². The number of aliphatic hydroxyl groups is 1. The summed E-state index contributed by atoms with van der Waals surface area (Å²) in [5.41, 5.74) is 7.51. The Morgan fingerprint density at radius 1 is 1.19 bits per heavy atom. The molecular formula is C16H16BrF2NO. The van der Waals surface area contributed by atoms with Crippen LogP contribution in [0.4, 0.5) is 8.78 Å². The number of rotatable bonds is 4. The van der Waals surface area contributed by atoms with Gasteiger partial charge in [-0.3, -0.25) is 0 Å². The van der Waals surface area contributed by atoms with E-state index in [0.29, 0.717) is 5.56 Å². The van der Waals surface area contributed by atoms with E-state index in [4.69, 9.17) is 5.73 Å². The average molecular weight is 356 g/mol. The Labute approximate surface area is 130 Å². The van der Waals surface area contributed by atoms with Crippen LogP contribution in [0.25, 0.3) is 0 Å². The van der Waals surface area contributed by atoms with Crippen molar-refractivity contribution in [2.45, 2.75) is 18.9 Å². The van der Waals surface area contributed by atoms with Crippen molar-refractivity contribution >= 4 is 15.9 Å². The molecule has 0 heterocycles. The van der Waals surface area contributed by atoms with Crippen molar-refractivity contribution in [1.29, 1.82) is 0 Å². The highest BCUT2D eigenvalue weighted by molar-refractivity contribution is 9.10. The normalized spacial score (nSPS) is 14.0. The van der Waals surface area contributed by atoms with Crippen molar-refractivity contribution in [2.75, 3.05) is 6.54 Å². The molecule has 2 atom stereocenters. The molecule has 0 aliphatic carbocycles. The average Bonchev–Trinajstić information content (AvgIpc) is 2.40. The molecule has 21 heavy (non-hydrogen) atoms. The summed E-state index contributed by atoms with van der Waals surface area (Å²) in [6.45, 7) is 1.95. The first-order valence-electron chi connectivity index (χ1n) is 6.52. The largest absolute Gasteiger partial charge is 0.388 e. The second-order valence-corrected chi connectivity index (χ2v) is 5.93. The molecule has 2 unspecified atom stereocenters. The number of aryl methyl sites for hydroxylation is 1. The molecule has 0 aromatic heterocycles. The molecule has 5 heteroatoms. The lowest BCUT2D eigenvalue weighted by Gasteiger charge is -2.23. The molecule has 0 amide bonds. The highest BCUT2D eigenvalue weighted by Gasteiger charge is 2.24. The van der Waals surface area contributed by atoms with E-state index in [0.717, 1.165) is 16.1 Å². The van der Waals surface area contributed by atoms with E-state index in [9.17, 15) is 13.9 Å². The van der Waals surface area contributed by atoms with E-state index < -0.39 is 23.7 Å². The van der Waals surface area contributed by atoms with E-state index in [2.05, 4.69) is 15.9 Å². The maximum absolute atomic E-state index is 13.9. The molecule has 0 saturated heterocycles. The van der Waals surface area contributed by atoms with Gasteiger partial charge in [0, 0.05) is 23.0 Å². The van der Waals surface area contributed by atoms with Gasteiger partial charge in [0.15, 0.2) is 0 Å². The third kappa shape index (κ3) is 3.67. The van der Waals surface area contributed by atoms with E-state index >= 15 is 0 Å². The molecule has 3 N–H and O–H groups in total. The van der Waals surface area contributed by atoms with Gasteiger partial charge in [-0.2, -0.15) is 0 Å². The van der Waals surface area contributed by atoms with Gasteiger partial charge in [-0.25, -0.2) is 8.78 Å². The molecule has 0 spiro atoms. The van der Waals surface area contributed by atoms with Gasteiger partial charge in [-0.1, -0.05) is 28.1 Å². The van der Waals surface area contributed by atoms with Crippen LogP contribution in [-0.4, -0.2) is 11.7 Å². The quantitative estimate of drug-likeness (QED) is 0.875. The summed E-state index contributed by atoms with van der Waals surface area (Å²) in [5.74, 6) is -1.99. The maximum Gasteiger partial charge on any atom is 0.129 e. The van der Waals surface area contributed by atoms with Crippen molar-refractivity contribution in [3.63, 3.8) is 0 Å². The minimum absolute atomic E-state index is 0.0509. The van der Waals surface area contributed by atoms with Gasteiger partial charge in [-0.15, -0.1) is 0 Å². The van der Waals surface area contributed by atoms with Gasteiger partial charge in [0.2, 0.25) is 0 Å². The minimum Gasteiger partial charge on any atom is -0.388 e. The van der Waals surface area contributed by atoms with E-state index in [1.54, 1.807) is 6.07 Å². The first-order valence-corrected chi connectivity index (χ1v) is 7.32. The number of aliphatic hydroxyl groups excluding tert-OH is 1. The minimum atomic E-state index is -0.967. The summed E-state index contributed by atoms with van der Waals surface area (Å²) in [7, 11) is 0. The van der Waals surface area contributed by atoms with Crippen LogP contribution >= 0.6 is 15.9 Å². The molecule has 0 aliphatic heterocycles. The lowest BCUT2D eigenvalue weighted by Crippen LogP contribution is -2.21. The van der Waals surface area contributed by atoms with E-state index in [1.807, 2.05) is 19.1 Å². The molecule has 0 fully saturated rings. The zero-order valence-electron chi connectivity index (χ0n) is 11.5. The Hall–Kier alpha value is -1.30. The fraction of sp³-hybridized carbons (Fsp3) is 0.250. The molecular weight excluding hydrogens is 340 g/mol. The van der Waals surface area contributed by atoms with Crippen LogP contribution < -0.4 is 5.73 Å². The summed E-state index contributed by atoms with van der Waals surface area (Å²) < 4.78 is 27.7. The molecule has 2 rings (SSSR count). The molecule has 0 radical (unpaired) electrons. The lowest BCUT2D eigenvalue weighted by atomic mass is 9.88. The highest BCUT2D eigenvalue weighted by atomic mass is 79.9. The van der Waals surface area contributed by atoms with Gasteiger partial charge in [-0.05, 0) is 41.8 Å². The SMILES string of the molecule is Cc1cc(Br)cc(C(O)C(CN)c2ccc(F)cc2F)c1. The number of hydrogen-bond acceptors (Lipinski definition) is 2. The van der Waals surface area contributed by atoms with Gasteiger partial charge in [0.05, 0.1) is 6.10 Å². The third-order valence-corrected chi connectivity index (χ3v) is 3.86. The predicted molar refractivity (Wildman–Crippen MR) is 82.0 cm³/mol. The standard InChI is InChI=1S/C16H16BrF2NO/c1-9-4-10(6-11(17)5-9)16(21)14(8-20)13-3-2-12(18)7-15(13)19/h2-7,14,16,21H,8,20H2,1H3. The van der Waals surface area contributed by atoms with Crippen LogP contribution in [0, 0.1) is 18.6 Å². The van der Waals surface area contributed by atoms with Crippen molar-refractivity contribution in [2.24, 2.45) is 5.73 Å². The number of nitrogens with two attached hydrogens (primary N) is 1. The van der Waals surface area contributed by atoms with Crippen LogP contribution in [-0.2, 0) is 0 Å². The van der Waals surface area contributed by atoms with Crippen molar-refractivity contribution in [1.82, 2.24) is 0 Å². The molecule has 112 valence electrons. The lowest BCUT2D eigenvalue weighted by molar-refractivity contribution is 0.145. The third-order valence-electron chi connectivity index (χ3n) is 3.40. The first kappa shape index (κ1) is 16.1. The fourth-order valence-electron chi connectivity index (χ4n) is 2.40. The second-order valence-electron chi connectivity index (χ2n) is 5.01. The van der Waals surface area contributed by atoms with Gasteiger partial charge < -0.3 is 10.8 Å². The predicted octanol–water partition coefficient (Wildman–Crippen LogP) is 3.81. The molecule has 2 aromatic rings. The number of hydrogen-bond donors (Lipinski definition) is 2. The summed E-state index contributed by atoms with van der Waals surface area (Å²) in [6, 6.07) is 8.79. The molecule has 0 saturated carbocycles. The van der Waals surface area contributed by atoms with Crippen LogP contribution in [0.2, 0.25) is 0 Å². The van der Waals surface area contributed by atoms with Crippen LogP contribution in [0.15, 0.2) is 40.9 Å². The Balaban J connectivity index is 2.40. The second kappa shape index (κ2) is 6.64. The Morgan fingerprint density at radius 2 is 1.90 bits per heavy atom. The zero-order chi connectivity index (χ0) is 15.6. The van der Waals surface area contributed by atoms with Crippen molar-refractivity contribution in [3.8, 4) is 0 Å². The Morgan fingerprint density at radius 3 is 2.48 bits per heavy atom. The molecule has 0 aliphatic rings. The summed E-state index contributed by atoms with van der Waals surface area (Å²) in [5, 5.41) is 10.5.